The smallest absolute Gasteiger partial charge is 0.249 e. The second-order valence-electron chi connectivity index (χ2n) is 5.02. The Morgan fingerprint density at radius 2 is 2.35 bits per heavy atom. The van der Waals surface area contributed by atoms with Gasteiger partial charge in [-0.1, -0.05) is 13.5 Å². The van der Waals surface area contributed by atoms with Crippen molar-refractivity contribution < 1.29 is 19.1 Å². The number of amides is 2. The number of hydrogen-bond donors (Lipinski definition) is 1. The number of hydrogen-bond acceptors (Lipinski definition) is 5. The van der Waals surface area contributed by atoms with Crippen LogP contribution in [0.25, 0.3) is 0 Å². The van der Waals surface area contributed by atoms with Crippen molar-refractivity contribution in [1.82, 2.24) is 9.88 Å². The van der Waals surface area contributed by atoms with E-state index in [9.17, 15) is 9.59 Å². The number of rotatable bonds is 5. The molecule has 0 aliphatic carbocycles. The van der Waals surface area contributed by atoms with Crippen molar-refractivity contribution in [2.24, 2.45) is 0 Å². The van der Waals surface area contributed by atoms with E-state index in [1.165, 1.54) is 18.1 Å². The van der Waals surface area contributed by atoms with E-state index >= 15 is 0 Å². The Balaban J connectivity index is 2.17. The molecule has 1 aliphatic rings. The van der Waals surface area contributed by atoms with Crippen LogP contribution in [0.15, 0.2) is 24.8 Å². The second kappa shape index (κ2) is 7.73. The first-order valence-electron chi connectivity index (χ1n) is 7.46. The fourth-order valence-corrected chi connectivity index (χ4v) is 2.40. The van der Waals surface area contributed by atoms with Crippen molar-refractivity contribution in [2.75, 3.05) is 32.2 Å². The summed E-state index contributed by atoms with van der Waals surface area (Å²) in [6.45, 7) is 6.35. The first-order chi connectivity index (χ1) is 11.1. The second-order valence-corrected chi connectivity index (χ2v) is 5.02. The summed E-state index contributed by atoms with van der Waals surface area (Å²) in [5.41, 5.74) is 1.32. The molecule has 1 aromatic rings. The van der Waals surface area contributed by atoms with E-state index in [1.807, 2.05) is 6.92 Å². The lowest BCUT2D eigenvalue weighted by molar-refractivity contribution is -0.142. The van der Waals surface area contributed by atoms with Gasteiger partial charge in [0.05, 0.1) is 31.7 Å². The average Bonchev–Trinajstić information content (AvgIpc) is 2.61. The Bertz CT molecular complexity index is 603. The number of methoxy groups -OCH3 is 1. The van der Waals surface area contributed by atoms with E-state index in [1.54, 1.807) is 12.1 Å². The zero-order valence-electron chi connectivity index (χ0n) is 13.4. The molecule has 23 heavy (non-hydrogen) atoms. The number of anilines is 1. The molecule has 2 rings (SSSR count). The highest BCUT2D eigenvalue weighted by Crippen LogP contribution is 2.20. The summed E-state index contributed by atoms with van der Waals surface area (Å²) in [6.07, 6.45) is 1.85. The molecule has 0 saturated carbocycles. The number of nitrogens with zero attached hydrogens (tertiary/aromatic N) is 2. The number of carbonyl (C=O) groups is 2. The summed E-state index contributed by atoms with van der Waals surface area (Å²) < 4.78 is 10.4. The maximum atomic E-state index is 12.5. The van der Waals surface area contributed by atoms with E-state index in [2.05, 4.69) is 16.9 Å². The Labute approximate surface area is 135 Å². The summed E-state index contributed by atoms with van der Waals surface area (Å²) in [4.78, 5) is 30.2. The highest BCUT2D eigenvalue weighted by Gasteiger charge is 2.32. The van der Waals surface area contributed by atoms with E-state index in [0.29, 0.717) is 31.1 Å². The number of aryl methyl sites for hydroxylation is 1. The molecule has 7 nitrogen and oxygen atoms in total. The van der Waals surface area contributed by atoms with Crippen LogP contribution in [0.2, 0.25) is 0 Å². The Morgan fingerprint density at radius 1 is 1.57 bits per heavy atom. The first kappa shape index (κ1) is 17.0. The molecule has 2 amide bonds. The molecule has 0 bridgehead atoms. The van der Waals surface area contributed by atoms with Crippen LogP contribution in [0.1, 0.15) is 12.6 Å². The summed E-state index contributed by atoms with van der Waals surface area (Å²) >= 11 is 0. The van der Waals surface area contributed by atoms with Gasteiger partial charge in [-0.3, -0.25) is 9.59 Å². The first-order valence-corrected chi connectivity index (χ1v) is 7.46. The minimum absolute atomic E-state index is 0.163. The lowest BCUT2D eigenvalue weighted by atomic mass is 10.2. The van der Waals surface area contributed by atoms with Crippen molar-refractivity contribution in [2.45, 2.75) is 19.4 Å². The van der Waals surface area contributed by atoms with Crippen LogP contribution in [-0.2, 0) is 20.7 Å². The summed E-state index contributed by atoms with van der Waals surface area (Å²) in [5, 5.41) is 2.83. The number of pyridine rings is 1. The maximum Gasteiger partial charge on any atom is 0.249 e. The zero-order chi connectivity index (χ0) is 16.8. The van der Waals surface area contributed by atoms with Gasteiger partial charge in [0.1, 0.15) is 6.04 Å². The van der Waals surface area contributed by atoms with Crippen molar-refractivity contribution in [3.05, 3.63) is 30.5 Å². The largest absolute Gasteiger partial charge is 0.481 e. The monoisotopic (exact) mass is 319 g/mol. The van der Waals surface area contributed by atoms with Gasteiger partial charge in [0.2, 0.25) is 17.7 Å². The molecule has 7 heteroatoms. The number of nitrogens with one attached hydrogen (secondary N) is 1. The summed E-state index contributed by atoms with van der Waals surface area (Å²) in [7, 11) is 1.54. The molecule has 124 valence electrons. The van der Waals surface area contributed by atoms with Crippen molar-refractivity contribution in [3.8, 4) is 5.88 Å². The van der Waals surface area contributed by atoms with Crippen LogP contribution in [0.5, 0.6) is 5.88 Å². The molecule has 1 aromatic heterocycles. The lowest BCUT2D eigenvalue weighted by Gasteiger charge is -2.33. The Morgan fingerprint density at radius 3 is 3.00 bits per heavy atom. The molecule has 1 N–H and O–H groups in total. The van der Waals surface area contributed by atoms with E-state index in [4.69, 9.17) is 9.47 Å². The maximum absolute atomic E-state index is 12.5. The van der Waals surface area contributed by atoms with Crippen molar-refractivity contribution in [1.29, 1.82) is 0 Å². The quantitative estimate of drug-likeness (QED) is 0.819. The van der Waals surface area contributed by atoms with Crippen molar-refractivity contribution >= 4 is 17.5 Å². The summed E-state index contributed by atoms with van der Waals surface area (Å²) in [5.74, 6) is -0.0945. The van der Waals surface area contributed by atoms with E-state index in [0.717, 1.165) is 5.69 Å². The predicted molar refractivity (Wildman–Crippen MR) is 85.3 cm³/mol. The van der Waals surface area contributed by atoms with E-state index in [-0.39, 0.29) is 18.4 Å². The SMILES string of the molecule is C=CC(=O)N1CCOC[C@H]1C(=O)Nc1ccc(OC)nc1CC. The third-order valence-electron chi connectivity index (χ3n) is 3.64. The lowest BCUT2D eigenvalue weighted by Crippen LogP contribution is -2.53. The molecular weight excluding hydrogens is 298 g/mol. The Hall–Kier alpha value is -2.41. The molecule has 0 spiro atoms. The van der Waals surface area contributed by atoms with Gasteiger partial charge >= 0.3 is 0 Å². The summed E-state index contributed by atoms with van der Waals surface area (Å²) in [6, 6.07) is 2.74. The van der Waals surface area contributed by atoms with E-state index < -0.39 is 6.04 Å². The van der Waals surface area contributed by atoms with Crippen LogP contribution in [0, 0.1) is 0 Å². The predicted octanol–water partition coefficient (Wildman–Crippen LogP) is 1.00. The molecule has 2 heterocycles. The van der Waals surface area contributed by atoms with Crippen LogP contribution in [0.4, 0.5) is 5.69 Å². The molecular formula is C16H21N3O4. The van der Waals surface area contributed by atoms with Crippen molar-refractivity contribution in [3.63, 3.8) is 0 Å². The molecule has 0 unspecified atom stereocenters. The van der Waals surface area contributed by atoms with Gasteiger partial charge in [0.15, 0.2) is 0 Å². The third-order valence-corrected chi connectivity index (χ3v) is 3.64. The molecule has 1 atom stereocenters. The van der Waals surface area contributed by atoms with Gasteiger partial charge in [0.25, 0.3) is 0 Å². The molecule has 1 fully saturated rings. The normalized spacial score (nSPS) is 17.5. The molecule has 0 aromatic carbocycles. The topological polar surface area (TPSA) is 80.8 Å². The van der Waals surface area contributed by atoms with Gasteiger partial charge in [-0.15, -0.1) is 0 Å². The number of ether oxygens (including phenoxy) is 2. The number of aromatic nitrogens is 1. The highest BCUT2D eigenvalue weighted by atomic mass is 16.5. The molecule has 1 saturated heterocycles. The highest BCUT2D eigenvalue weighted by molar-refractivity contribution is 5.99. The fourth-order valence-electron chi connectivity index (χ4n) is 2.40. The van der Waals surface area contributed by atoms with Gasteiger partial charge in [-0.2, -0.15) is 0 Å². The minimum Gasteiger partial charge on any atom is -0.481 e. The number of carbonyl (C=O) groups excluding carboxylic acids is 2. The third kappa shape index (κ3) is 3.87. The standard InChI is InChI=1S/C16H21N3O4/c1-4-11-12(6-7-14(17-11)22-3)18-16(21)13-10-23-9-8-19(13)15(20)5-2/h5-7,13H,2,4,8-10H2,1,3H3,(H,18,21)/t13-/m0/s1. The average molecular weight is 319 g/mol. The zero-order valence-corrected chi connectivity index (χ0v) is 13.4. The minimum atomic E-state index is -0.680. The molecule has 0 radical (unpaired) electrons. The fraction of sp³-hybridized carbons (Fsp3) is 0.438. The van der Waals surface area contributed by atoms with Gasteiger partial charge < -0.3 is 19.7 Å². The van der Waals surface area contributed by atoms with Crippen LogP contribution in [-0.4, -0.2) is 54.6 Å². The van der Waals surface area contributed by atoms with Gasteiger partial charge in [-0.05, 0) is 18.6 Å². The van der Waals surface area contributed by atoms with Gasteiger partial charge in [0, 0.05) is 12.6 Å². The van der Waals surface area contributed by atoms with Gasteiger partial charge in [-0.25, -0.2) is 4.98 Å². The number of morpholine rings is 1. The van der Waals surface area contributed by atoms with Crippen LogP contribution < -0.4 is 10.1 Å². The van der Waals surface area contributed by atoms with Crippen LogP contribution >= 0.6 is 0 Å². The Kier molecular flexibility index (Phi) is 5.70. The molecule has 1 aliphatic heterocycles. The van der Waals surface area contributed by atoms with Crippen LogP contribution in [0.3, 0.4) is 0 Å².